The van der Waals surface area contributed by atoms with Gasteiger partial charge in [-0.3, -0.25) is 0 Å². The Morgan fingerprint density at radius 1 is 0.933 bits per heavy atom. The molecule has 1 heterocycles. The zero-order valence-electron chi connectivity index (χ0n) is 9.44. The van der Waals surface area contributed by atoms with E-state index in [-0.39, 0.29) is 0 Å². The fraction of sp³-hybridized carbons (Fsp3) is 0.231. The van der Waals surface area contributed by atoms with E-state index >= 15 is 0 Å². The fourth-order valence-electron chi connectivity index (χ4n) is 1.19. The molecule has 0 saturated carbocycles. The number of aryl methyl sites for hydroxylation is 1. The van der Waals surface area contributed by atoms with Crippen LogP contribution in [0.15, 0.2) is 42.9 Å². The standard InChI is InChI=1S/C11H10N2.C2H6/c1-9-2-4-10(5-3-9)11-6-7-12-8-13-11;1-2/h2-8H,1H3;1-2H3. The summed E-state index contributed by atoms with van der Waals surface area (Å²) >= 11 is 0. The quantitative estimate of drug-likeness (QED) is 0.704. The Bertz CT molecular complexity index is 379. The maximum absolute atomic E-state index is 4.17. The van der Waals surface area contributed by atoms with Gasteiger partial charge in [-0.1, -0.05) is 43.7 Å². The van der Waals surface area contributed by atoms with Gasteiger partial charge in [-0.05, 0) is 13.0 Å². The Labute approximate surface area is 91.0 Å². The first-order valence-electron chi connectivity index (χ1n) is 5.19. The van der Waals surface area contributed by atoms with Crippen LogP contribution in [0.3, 0.4) is 0 Å². The van der Waals surface area contributed by atoms with Gasteiger partial charge < -0.3 is 0 Å². The SMILES string of the molecule is CC.Cc1ccc(-c2ccncn2)cc1. The van der Waals surface area contributed by atoms with Gasteiger partial charge in [-0.15, -0.1) is 0 Å². The van der Waals surface area contributed by atoms with E-state index in [1.54, 1.807) is 12.5 Å². The van der Waals surface area contributed by atoms with Crippen molar-refractivity contribution >= 4 is 0 Å². The van der Waals surface area contributed by atoms with E-state index in [0.717, 1.165) is 11.3 Å². The lowest BCUT2D eigenvalue weighted by Gasteiger charge is -1.99. The summed E-state index contributed by atoms with van der Waals surface area (Å²) < 4.78 is 0. The van der Waals surface area contributed by atoms with Gasteiger partial charge in [0.2, 0.25) is 0 Å². The molecule has 0 atom stereocenters. The number of aromatic nitrogens is 2. The van der Waals surface area contributed by atoms with Crippen molar-refractivity contribution in [3.05, 3.63) is 48.4 Å². The van der Waals surface area contributed by atoms with Crippen LogP contribution in [-0.4, -0.2) is 9.97 Å². The summed E-state index contributed by atoms with van der Waals surface area (Å²) in [5, 5.41) is 0. The molecule has 15 heavy (non-hydrogen) atoms. The van der Waals surface area contributed by atoms with Crippen LogP contribution in [0.1, 0.15) is 19.4 Å². The van der Waals surface area contributed by atoms with Crippen LogP contribution in [0.2, 0.25) is 0 Å². The highest BCUT2D eigenvalue weighted by Gasteiger charge is 1.95. The molecule has 1 aromatic carbocycles. The summed E-state index contributed by atoms with van der Waals surface area (Å²) in [4.78, 5) is 8.04. The van der Waals surface area contributed by atoms with Crippen molar-refractivity contribution in [1.82, 2.24) is 9.97 Å². The van der Waals surface area contributed by atoms with Gasteiger partial charge >= 0.3 is 0 Å². The summed E-state index contributed by atoms with van der Waals surface area (Å²) in [5.41, 5.74) is 3.36. The number of nitrogens with zero attached hydrogens (tertiary/aromatic N) is 2. The fourth-order valence-corrected chi connectivity index (χ4v) is 1.19. The maximum Gasteiger partial charge on any atom is 0.116 e. The second-order valence-corrected chi connectivity index (χ2v) is 2.96. The van der Waals surface area contributed by atoms with Crippen molar-refractivity contribution in [3.63, 3.8) is 0 Å². The van der Waals surface area contributed by atoms with E-state index in [4.69, 9.17) is 0 Å². The van der Waals surface area contributed by atoms with Crippen LogP contribution in [-0.2, 0) is 0 Å². The van der Waals surface area contributed by atoms with Gasteiger partial charge in [0.15, 0.2) is 0 Å². The van der Waals surface area contributed by atoms with Gasteiger partial charge in [-0.2, -0.15) is 0 Å². The molecule has 0 amide bonds. The van der Waals surface area contributed by atoms with E-state index in [0.29, 0.717) is 0 Å². The van der Waals surface area contributed by atoms with E-state index in [2.05, 4.69) is 41.2 Å². The van der Waals surface area contributed by atoms with Crippen molar-refractivity contribution in [2.45, 2.75) is 20.8 Å². The topological polar surface area (TPSA) is 25.8 Å². The lowest BCUT2D eigenvalue weighted by Crippen LogP contribution is -1.83. The third-order valence-corrected chi connectivity index (χ3v) is 1.93. The molecule has 0 radical (unpaired) electrons. The number of benzene rings is 1. The van der Waals surface area contributed by atoms with Crippen molar-refractivity contribution < 1.29 is 0 Å². The monoisotopic (exact) mass is 200 g/mol. The molecule has 0 aliphatic heterocycles. The van der Waals surface area contributed by atoms with Crippen LogP contribution in [0.4, 0.5) is 0 Å². The molecule has 78 valence electrons. The smallest absolute Gasteiger partial charge is 0.116 e. The van der Waals surface area contributed by atoms with Gasteiger partial charge in [0.25, 0.3) is 0 Å². The van der Waals surface area contributed by atoms with Crippen molar-refractivity contribution in [1.29, 1.82) is 0 Å². The molecule has 0 unspecified atom stereocenters. The highest BCUT2D eigenvalue weighted by molar-refractivity contribution is 5.58. The van der Waals surface area contributed by atoms with E-state index < -0.39 is 0 Å². The zero-order chi connectivity index (χ0) is 11.1. The van der Waals surface area contributed by atoms with E-state index in [9.17, 15) is 0 Å². The molecule has 0 aliphatic rings. The summed E-state index contributed by atoms with van der Waals surface area (Å²) in [7, 11) is 0. The van der Waals surface area contributed by atoms with Crippen LogP contribution in [0.5, 0.6) is 0 Å². The molecular formula is C13H16N2. The van der Waals surface area contributed by atoms with Crippen molar-refractivity contribution in [3.8, 4) is 11.3 Å². The normalized spacial score (nSPS) is 9.00. The highest BCUT2D eigenvalue weighted by atomic mass is 14.8. The molecule has 0 spiro atoms. The molecule has 2 nitrogen and oxygen atoms in total. The molecule has 2 rings (SSSR count). The molecule has 0 saturated heterocycles. The largest absolute Gasteiger partial charge is 0.245 e. The average Bonchev–Trinajstić information content (AvgIpc) is 2.34. The van der Waals surface area contributed by atoms with Crippen LogP contribution in [0.25, 0.3) is 11.3 Å². The lowest BCUT2D eigenvalue weighted by atomic mass is 10.1. The average molecular weight is 200 g/mol. The Morgan fingerprint density at radius 2 is 1.60 bits per heavy atom. The van der Waals surface area contributed by atoms with E-state index in [1.165, 1.54) is 5.56 Å². The molecule has 0 bridgehead atoms. The predicted octanol–water partition coefficient (Wildman–Crippen LogP) is 3.48. The van der Waals surface area contributed by atoms with Gasteiger partial charge in [0.05, 0.1) is 5.69 Å². The minimum absolute atomic E-state index is 0.968. The first-order valence-corrected chi connectivity index (χ1v) is 5.19. The van der Waals surface area contributed by atoms with Crippen LogP contribution in [0, 0.1) is 6.92 Å². The minimum Gasteiger partial charge on any atom is -0.245 e. The zero-order valence-corrected chi connectivity index (χ0v) is 9.44. The summed E-state index contributed by atoms with van der Waals surface area (Å²) in [6.07, 6.45) is 3.32. The van der Waals surface area contributed by atoms with E-state index in [1.807, 2.05) is 19.9 Å². The Hall–Kier alpha value is -1.70. The minimum atomic E-state index is 0.968. The molecule has 1 aromatic heterocycles. The number of rotatable bonds is 1. The molecule has 0 aliphatic carbocycles. The Balaban J connectivity index is 0.000000531. The molecule has 0 N–H and O–H groups in total. The first-order chi connectivity index (χ1) is 7.36. The Kier molecular flexibility index (Phi) is 4.48. The van der Waals surface area contributed by atoms with Crippen molar-refractivity contribution in [2.75, 3.05) is 0 Å². The van der Waals surface area contributed by atoms with Gasteiger partial charge in [-0.25, -0.2) is 9.97 Å². The second kappa shape index (κ2) is 5.91. The van der Waals surface area contributed by atoms with Gasteiger partial charge in [0, 0.05) is 11.8 Å². The maximum atomic E-state index is 4.17. The number of hydrogen-bond donors (Lipinski definition) is 0. The molecule has 2 aromatic rings. The van der Waals surface area contributed by atoms with Crippen LogP contribution >= 0.6 is 0 Å². The third-order valence-electron chi connectivity index (χ3n) is 1.93. The third kappa shape index (κ3) is 3.17. The van der Waals surface area contributed by atoms with Gasteiger partial charge in [0.1, 0.15) is 6.33 Å². The Morgan fingerprint density at radius 3 is 2.13 bits per heavy atom. The van der Waals surface area contributed by atoms with Crippen LogP contribution < -0.4 is 0 Å². The molecule has 0 fully saturated rings. The molecule has 2 heteroatoms. The summed E-state index contributed by atoms with van der Waals surface area (Å²) in [5.74, 6) is 0. The summed E-state index contributed by atoms with van der Waals surface area (Å²) in [6.45, 7) is 6.07. The second-order valence-electron chi connectivity index (χ2n) is 2.96. The van der Waals surface area contributed by atoms with Crippen molar-refractivity contribution in [2.24, 2.45) is 0 Å². The molecular weight excluding hydrogens is 184 g/mol. The number of hydrogen-bond acceptors (Lipinski definition) is 2. The summed E-state index contributed by atoms with van der Waals surface area (Å²) in [6, 6.07) is 10.2. The first kappa shape index (κ1) is 11.4. The predicted molar refractivity (Wildman–Crippen MR) is 63.6 cm³/mol. The highest BCUT2D eigenvalue weighted by Crippen LogP contribution is 2.15. The lowest BCUT2D eigenvalue weighted by molar-refractivity contribution is 1.17.